The number of nitrogens with zero attached hydrogens (tertiary/aromatic N) is 2. The molecule has 1 heterocycles. The molecule has 0 aliphatic carbocycles. The molecule has 2 atom stereocenters. The van der Waals surface area contributed by atoms with E-state index in [-0.39, 0.29) is 11.6 Å². The van der Waals surface area contributed by atoms with Gasteiger partial charge < -0.3 is 9.47 Å². The first-order valence-electron chi connectivity index (χ1n) is 9.44. The van der Waals surface area contributed by atoms with Gasteiger partial charge in [0, 0.05) is 17.7 Å². The summed E-state index contributed by atoms with van der Waals surface area (Å²) in [5.41, 5.74) is 2.04. The Morgan fingerprint density at radius 1 is 0.967 bits per heavy atom. The highest BCUT2D eigenvalue weighted by Crippen LogP contribution is 2.45. The fourth-order valence-corrected chi connectivity index (χ4v) is 3.66. The Balaban J connectivity index is 1.77. The number of β-lactam (4-membered cyclic amide) rings is 1. The number of methoxy groups -OCH3 is 1. The number of aryl methyl sites for hydroxylation is 1. The number of anilines is 1. The third kappa shape index (κ3) is 3.34. The van der Waals surface area contributed by atoms with Crippen molar-refractivity contribution in [1.29, 1.82) is 0 Å². The van der Waals surface area contributed by atoms with Crippen LogP contribution in [0.1, 0.15) is 17.2 Å². The molecule has 1 aliphatic heterocycles. The van der Waals surface area contributed by atoms with Crippen molar-refractivity contribution in [3.63, 3.8) is 0 Å². The van der Waals surface area contributed by atoms with Gasteiger partial charge in [0.15, 0.2) is 0 Å². The van der Waals surface area contributed by atoms with Gasteiger partial charge in [-0.1, -0.05) is 42.5 Å². The number of carbonyl (C=O) groups excluding carboxylic acids is 1. The van der Waals surface area contributed by atoms with E-state index in [2.05, 4.69) is 0 Å². The Hall–Kier alpha value is -3.87. The monoisotopic (exact) mass is 404 g/mol. The Morgan fingerprint density at radius 2 is 1.67 bits per heavy atom. The molecule has 7 heteroatoms. The Labute approximate surface area is 173 Å². The predicted molar refractivity (Wildman–Crippen MR) is 112 cm³/mol. The summed E-state index contributed by atoms with van der Waals surface area (Å²) < 4.78 is 11.6. The average molecular weight is 404 g/mol. The number of amides is 1. The van der Waals surface area contributed by atoms with Crippen molar-refractivity contribution in [2.75, 3.05) is 12.0 Å². The smallest absolute Gasteiger partial charge is 0.271 e. The number of rotatable bonds is 6. The minimum absolute atomic E-state index is 0.0812. The number of ether oxygens (including phenoxy) is 2. The van der Waals surface area contributed by atoms with Crippen molar-refractivity contribution >= 4 is 17.3 Å². The number of carbonyl (C=O) groups is 1. The number of para-hydroxylation sites is 2. The zero-order valence-corrected chi connectivity index (χ0v) is 16.5. The molecule has 0 unspecified atom stereocenters. The summed E-state index contributed by atoms with van der Waals surface area (Å²) in [5.74, 6) is 0.966. The number of benzene rings is 3. The van der Waals surface area contributed by atoms with Gasteiger partial charge in [0.25, 0.3) is 11.6 Å². The first-order chi connectivity index (χ1) is 14.5. The fraction of sp³-hybridized carbons (Fsp3) is 0.174. The maximum absolute atomic E-state index is 13.1. The summed E-state index contributed by atoms with van der Waals surface area (Å²) in [7, 11) is 1.56. The topological polar surface area (TPSA) is 81.9 Å². The predicted octanol–water partition coefficient (Wildman–Crippen LogP) is 4.45. The van der Waals surface area contributed by atoms with E-state index in [0.29, 0.717) is 17.2 Å². The second-order valence-corrected chi connectivity index (χ2v) is 6.98. The molecule has 1 amide bonds. The van der Waals surface area contributed by atoms with Crippen molar-refractivity contribution in [1.82, 2.24) is 0 Å². The van der Waals surface area contributed by atoms with Crippen molar-refractivity contribution in [3.8, 4) is 11.5 Å². The summed E-state index contributed by atoms with van der Waals surface area (Å²) in [6, 6.07) is 20.4. The lowest BCUT2D eigenvalue weighted by Gasteiger charge is -2.47. The van der Waals surface area contributed by atoms with Gasteiger partial charge in [0.05, 0.1) is 17.7 Å². The summed E-state index contributed by atoms with van der Waals surface area (Å²) >= 11 is 0. The van der Waals surface area contributed by atoms with Crippen LogP contribution in [0, 0.1) is 17.0 Å². The molecule has 0 aromatic heterocycles. The molecule has 0 radical (unpaired) electrons. The van der Waals surface area contributed by atoms with Gasteiger partial charge in [0.1, 0.15) is 17.5 Å². The molecule has 0 N–H and O–H groups in total. The summed E-state index contributed by atoms with van der Waals surface area (Å²) in [4.78, 5) is 25.4. The molecule has 1 fully saturated rings. The normalized spacial score (nSPS) is 17.9. The van der Waals surface area contributed by atoms with Crippen molar-refractivity contribution in [2.24, 2.45) is 0 Å². The van der Waals surface area contributed by atoms with Gasteiger partial charge in [-0.05, 0) is 30.7 Å². The number of hydrogen-bond donors (Lipinski definition) is 0. The maximum atomic E-state index is 13.1. The Bertz CT molecular complexity index is 1110. The second-order valence-electron chi connectivity index (χ2n) is 6.98. The van der Waals surface area contributed by atoms with E-state index in [0.717, 1.165) is 11.1 Å². The first-order valence-corrected chi connectivity index (χ1v) is 9.44. The zero-order valence-electron chi connectivity index (χ0n) is 16.5. The molecule has 1 aliphatic rings. The number of non-ortho nitro benzene ring substituents is 1. The highest BCUT2D eigenvalue weighted by Gasteiger charge is 2.52. The molecule has 3 aromatic rings. The van der Waals surface area contributed by atoms with Crippen LogP contribution in [-0.2, 0) is 4.79 Å². The summed E-state index contributed by atoms with van der Waals surface area (Å²) in [6.45, 7) is 1.91. The highest BCUT2D eigenvalue weighted by atomic mass is 16.6. The third-order valence-electron chi connectivity index (χ3n) is 5.17. The fourth-order valence-electron chi connectivity index (χ4n) is 3.66. The second kappa shape index (κ2) is 7.87. The van der Waals surface area contributed by atoms with Crippen LogP contribution in [0.2, 0.25) is 0 Å². The number of nitro groups is 1. The van der Waals surface area contributed by atoms with Gasteiger partial charge in [-0.25, -0.2) is 0 Å². The van der Waals surface area contributed by atoms with Gasteiger partial charge in [-0.15, -0.1) is 0 Å². The Kier molecular flexibility index (Phi) is 5.10. The van der Waals surface area contributed by atoms with Crippen molar-refractivity contribution in [3.05, 3.63) is 94.0 Å². The number of nitro benzene ring substituents is 1. The standard InChI is InChI=1S/C23H20N2O5/c1-15-8-3-5-12-19(15)30-22-21(18-11-4-6-13-20(18)29-2)24(23(22)26)16-9-7-10-17(14-16)25(27)28/h3-14,21-22H,1-2H3/t21-,22+/m1/s1. The zero-order chi connectivity index (χ0) is 21.3. The SMILES string of the molecule is COc1ccccc1[C@@H]1[C@H](Oc2ccccc2C)C(=O)N1c1cccc([N+](=O)[O-])c1. The lowest BCUT2D eigenvalue weighted by molar-refractivity contribution is -0.384. The third-order valence-corrected chi connectivity index (χ3v) is 5.17. The molecule has 3 aromatic carbocycles. The molecule has 4 rings (SSSR count). The average Bonchev–Trinajstić information content (AvgIpc) is 2.76. The van der Waals surface area contributed by atoms with Crippen LogP contribution in [0.4, 0.5) is 11.4 Å². The van der Waals surface area contributed by atoms with Crippen LogP contribution in [-0.4, -0.2) is 24.0 Å². The summed E-state index contributed by atoms with van der Waals surface area (Å²) in [5, 5.41) is 11.2. The Morgan fingerprint density at radius 3 is 2.37 bits per heavy atom. The van der Waals surface area contributed by atoms with E-state index in [4.69, 9.17) is 9.47 Å². The van der Waals surface area contributed by atoms with Crippen LogP contribution in [0.25, 0.3) is 0 Å². The van der Waals surface area contributed by atoms with Gasteiger partial charge in [-0.3, -0.25) is 19.8 Å². The van der Waals surface area contributed by atoms with E-state index in [1.54, 1.807) is 19.2 Å². The van der Waals surface area contributed by atoms with Crippen molar-refractivity contribution < 1.29 is 19.2 Å². The highest BCUT2D eigenvalue weighted by molar-refractivity contribution is 6.05. The molecule has 30 heavy (non-hydrogen) atoms. The van der Waals surface area contributed by atoms with Gasteiger partial charge >= 0.3 is 0 Å². The van der Waals surface area contributed by atoms with E-state index in [1.165, 1.54) is 17.0 Å². The molecular formula is C23H20N2O5. The lowest BCUT2D eigenvalue weighted by atomic mass is 9.89. The maximum Gasteiger partial charge on any atom is 0.271 e. The van der Waals surface area contributed by atoms with Crippen LogP contribution in [0.5, 0.6) is 11.5 Å². The minimum atomic E-state index is -0.776. The molecule has 1 saturated heterocycles. The summed E-state index contributed by atoms with van der Waals surface area (Å²) in [6.07, 6.45) is -0.776. The van der Waals surface area contributed by atoms with Crippen LogP contribution in [0.15, 0.2) is 72.8 Å². The lowest BCUT2D eigenvalue weighted by Crippen LogP contribution is -2.61. The quantitative estimate of drug-likeness (QED) is 0.344. The number of hydrogen-bond acceptors (Lipinski definition) is 5. The molecular weight excluding hydrogens is 384 g/mol. The van der Waals surface area contributed by atoms with Crippen LogP contribution in [0.3, 0.4) is 0 Å². The van der Waals surface area contributed by atoms with Crippen molar-refractivity contribution in [2.45, 2.75) is 19.1 Å². The molecule has 0 spiro atoms. The van der Waals surface area contributed by atoms with E-state index < -0.39 is 17.1 Å². The van der Waals surface area contributed by atoms with E-state index >= 15 is 0 Å². The molecule has 7 nitrogen and oxygen atoms in total. The first kappa shape index (κ1) is 19.4. The molecule has 0 saturated carbocycles. The van der Waals surface area contributed by atoms with Gasteiger partial charge in [-0.2, -0.15) is 0 Å². The minimum Gasteiger partial charge on any atom is -0.496 e. The van der Waals surface area contributed by atoms with E-state index in [1.807, 2.05) is 55.5 Å². The van der Waals surface area contributed by atoms with Crippen LogP contribution >= 0.6 is 0 Å². The van der Waals surface area contributed by atoms with Gasteiger partial charge in [0.2, 0.25) is 6.10 Å². The molecule has 0 bridgehead atoms. The largest absolute Gasteiger partial charge is 0.496 e. The molecule has 152 valence electrons. The van der Waals surface area contributed by atoms with Crippen LogP contribution < -0.4 is 14.4 Å². The van der Waals surface area contributed by atoms with E-state index in [9.17, 15) is 14.9 Å².